The van der Waals surface area contributed by atoms with Gasteiger partial charge in [-0.25, -0.2) is 0 Å². The minimum Gasteiger partial charge on any atom is -0.506 e. The van der Waals surface area contributed by atoms with Gasteiger partial charge in [0, 0.05) is 22.9 Å². The highest BCUT2D eigenvalue weighted by Gasteiger charge is 2.12. The molecule has 152 valence electrons. The molecule has 0 spiro atoms. The SMILES string of the molecule is Oc1ccc(CSc2nnc(-c3ccc(Oc4ccccc4)cc3)o2)c2cccnc12. The monoisotopic (exact) mass is 427 g/mol. The normalized spacial score (nSPS) is 11.0. The van der Waals surface area contributed by atoms with Gasteiger partial charge in [-0.3, -0.25) is 4.98 Å². The molecule has 0 aliphatic carbocycles. The molecule has 2 heterocycles. The molecule has 2 aromatic heterocycles. The van der Waals surface area contributed by atoms with E-state index in [-0.39, 0.29) is 5.75 Å². The fourth-order valence-electron chi connectivity index (χ4n) is 3.16. The maximum atomic E-state index is 9.99. The Bertz CT molecular complexity index is 1320. The molecule has 6 nitrogen and oxygen atoms in total. The van der Waals surface area contributed by atoms with Crippen LogP contribution in [0.1, 0.15) is 5.56 Å². The fraction of sp³-hybridized carbons (Fsp3) is 0.0417. The van der Waals surface area contributed by atoms with Gasteiger partial charge in [-0.05, 0) is 54.1 Å². The number of nitrogens with zero attached hydrogens (tertiary/aromatic N) is 3. The molecule has 1 N–H and O–H groups in total. The van der Waals surface area contributed by atoms with Gasteiger partial charge in [0.2, 0.25) is 5.89 Å². The van der Waals surface area contributed by atoms with Crippen LogP contribution in [0.15, 0.2) is 94.7 Å². The first-order valence-electron chi connectivity index (χ1n) is 9.61. The standard InChI is InChI=1S/C24H17N3O3S/c28-21-13-10-17(20-7-4-14-25-22(20)21)15-31-24-27-26-23(30-24)16-8-11-19(12-9-16)29-18-5-2-1-3-6-18/h1-14,28H,15H2. The first-order chi connectivity index (χ1) is 15.3. The number of hydrogen-bond acceptors (Lipinski definition) is 7. The average Bonchev–Trinajstić information content (AvgIpc) is 3.29. The lowest BCUT2D eigenvalue weighted by atomic mass is 10.1. The van der Waals surface area contributed by atoms with Crippen molar-refractivity contribution in [3.63, 3.8) is 0 Å². The Hall–Kier alpha value is -3.84. The van der Waals surface area contributed by atoms with Crippen LogP contribution in [-0.2, 0) is 5.75 Å². The Morgan fingerprint density at radius 2 is 1.65 bits per heavy atom. The minimum absolute atomic E-state index is 0.170. The summed E-state index contributed by atoms with van der Waals surface area (Å²) in [5, 5.41) is 19.7. The molecule has 5 aromatic rings. The van der Waals surface area contributed by atoms with E-state index in [2.05, 4.69) is 15.2 Å². The molecule has 31 heavy (non-hydrogen) atoms. The molecule has 0 aliphatic rings. The molecule has 0 bridgehead atoms. The van der Waals surface area contributed by atoms with Crippen LogP contribution in [0, 0.1) is 0 Å². The van der Waals surface area contributed by atoms with E-state index in [0.717, 1.165) is 28.0 Å². The van der Waals surface area contributed by atoms with Gasteiger partial charge in [-0.1, -0.05) is 42.1 Å². The van der Waals surface area contributed by atoms with Crippen LogP contribution in [-0.4, -0.2) is 20.3 Å². The number of phenols is 1. The lowest BCUT2D eigenvalue weighted by molar-refractivity contribution is 0.465. The second-order valence-electron chi connectivity index (χ2n) is 6.74. The Labute approximate surface area is 182 Å². The molecular formula is C24H17N3O3S. The zero-order valence-electron chi connectivity index (χ0n) is 16.3. The number of phenolic OH excluding ortho intramolecular Hbond substituents is 1. The van der Waals surface area contributed by atoms with Crippen LogP contribution in [0.25, 0.3) is 22.4 Å². The van der Waals surface area contributed by atoms with Crippen LogP contribution in [0.2, 0.25) is 0 Å². The van der Waals surface area contributed by atoms with Gasteiger partial charge < -0.3 is 14.3 Å². The highest BCUT2D eigenvalue weighted by molar-refractivity contribution is 7.98. The number of rotatable bonds is 6. The van der Waals surface area contributed by atoms with Crippen molar-refractivity contribution in [2.75, 3.05) is 0 Å². The summed E-state index contributed by atoms with van der Waals surface area (Å²) in [6.07, 6.45) is 1.67. The van der Waals surface area contributed by atoms with E-state index in [1.54, 1.807) is 12.3 Å². The van der Waals surface area contributed by atoms with Gasteiger partial charge in [0.1, 0.15) is 22.8 Å². The van der Waals surface area contributed by atoms with Crippen LogP contribution >= 0.6 is 11.8 Å². The molecule has 0 amide bonds. The molecule has 7 heteroatoms. The van der Waals surface area contributed by atoms with Gasteiger partial charge >= 0.3 is 0 Å². The Balaban J connectivity index is 1.28. The highest BCUT2D eigenvalue weighted by Crippen LogP contribution is 2.32. The van der Waals surface area contributed by atoms with Crippen molar-refractivity contribution in [2.24, 2.45) is 0 Å². The number of benzene rings is 3. The third kappa shape index (κ3) is 4.22. The Morgan fingerprint density at radius 3 is 2.48 bits per heavy atom. The van der Waals surface area contributed by atoms with Crippen LogP contribution in [0.5, 0.6) is 17.2 Å². The summed E-state index contributed by atoms with van der Waals surface area (Å²) in [6.45, 7) is 0. The van der Waals surface area contributed by atoms with E-state index in [4.69, 9.17) is 9.15 Å². The number of hydrogen-bond donors (Lipinski definition) is 1. The van der Waals surface area contributed by atoms with E-state index in [1.807, 2.05) is 72.8 Å². The summed E-state index contributed by atoms with van der Waals surface area (Å²) in [6, 6.07) is 24.5. The highest BCUT2D eigenvalue weighted by atomic mass is 32.2. The topological polar surface area (TPSA) is 81.3 Å². The molecule has 0 radical (unpaired) electrons. The molecule has 0 aliphatic heterocycles. The summed E-state index contributed by atoms with van der Waals surface area (Å²) in [5.74, 6) is 2.75. The van der Waals surface area contributed by atoms with Crippen molar-refractivity contribution >= 4 is 22.7 Å². The Kier molecular flexibility index (Phi) is 5.24. The van der Waals surface area contributed by atoms with Crippen molar-refractivity contribution in [3.05, 3.63) is 90.6 Å². The zero-order chi connectivity index (χ0) is 21.0. The molecule has 0 saturated carbocycles. The summed E-state index contributed by atoms with van der Waals surface area (Å²) < 4.78 is 11.6. The van der Waals surface area contributed by atoms with Gasteiger partial charge in [-0.2, -0.15) is 0 Å². The van der Waals surface area contributed by atoms with Crippen molar-refractivity contribution in [1.29, 1.82) is 0 Å². The second-order valence-corrected chi connectivity index (χ2v) is 7.67. The average molecular weight is 427 g/mol. The summed E-state index contributed by atoms with van der Waals surface area (Å²) in [7, 11) is 0. The van der Waals surface area contributed by atoms with E-state index >= 15 is 0 Å². The molecule has 0 atom stereocenters. The molecular weight excluding hydrogens is 410 g/mol. The molecule has 0 unspecified atom stereocenters. The number of thioether (sulfide) groups is 1. The Morgan fingerprint density at radius 1 is 0.839 bits per heavy atom. The minimum atomic E-state index is 0.170. The fourth-order valence-corrected chi connectivity index (χ4v) is 3.92. The number of fused-ring (bicyclic) bond motifs is 1. The zero-order valence-corrected chi connectivity index (χ0v) is 17.1. The molecule has 3 aromatic carbocycles. The van der Waals surface area contributed by atoms with E-state index in [0.29, 0.717) is 22.4 Å². The second kappa shape index (κ2) is 8.49. The maximum absolute atomic E-state index is 9.99. The summed E-state index contributed by atoms with van der Waals surface area (Å²) in [5.41, 5.74) is 2.44. The van der Waals surface area contributed by atoms with Gasteiger partial charge in [-0.15, -0.1) is 10.2 Å². The summed E-state index contributed by atoms with van der Waals surface area (Å²) in [4.78, 5) is 4.25. The van der Waals surface area contributed by atoms with Crippen LogP contribution in [0.3, 0.4) is 0 Å². The van der Waals surface area contributed by atoms with Crippen LogP contribution in [0.4, 0.5) is 0 Å². The van der Waals surface area contributed by atoms with E-state index in [1.165, 1.54) is 11.8 Å². The lowest BCUT2D eigenvalue weighted by Crippen LogP contribution is -1.87. The number of pyridine rings is 1. The summed E-state index contributed by atoms with van der Waals surface area (Å²) >= 11 is 1.44. The van der Waals surface area contributed by atoms with Crippen molar-refractivity contribution in [3.8, 4) is 28.7 Å². The van der Waals surface area contributed by atoms with Crippen molar-refractivity contribution in [1.82, 2.24) is 15.2 Å². The van der Waals surface area contributed by atoms with E-state index < -0.39 is 0 Å². The first-order valence-corrected chi connectivity index (χ1v) is 10.6. The largest absolute Gasteiger partial charge is 0.506 e. The molecule has 5 rings (SSSR count). The quantitative estimate of drug-likeness (QED) is 0.329. The first kappa shape index (κ1) is 19.1. The number of para-hydroxylation sites is 1. The number of aromatic nitrogens is 3. The lowest BCUT2D eigenvalue weighted by Gasteiger charge is -2.06. The predicted octanol–water partition coefficient (Wildman–Crippen LogP) is 6.08. The van der Waals surface area contributed by atoms with Gasteiger partial charge in [0.15, 0.2) is 0 Å². The number of aromatic hydroxyl groups is 1. The van der Waals surface area contributed by atoms with Gasteiger partial charge in [0.05, 0.1) is 0 Å². The molecule has 0 fully saturated rings. The molecule has 0 saturated heterocycles. The number of ether oxygens (including phenoxy) is 1. The van der Waals surface area contributed by atoms with E-state index in [9.17, 15) is 5.11 Å². The van der Waals surface area contributed by atoms with Gasteiger partial charge in [0.25, 0.3) is 5.22 Å². The van der Waals surface area contributed by atoms with Crippen molar-refractivity contribution in [2.45, 2.75) is 11.0 Å². The predicted molar refractivity (Wildman–Crippen MR) is 119 cm³/mol. The maximum Gasteiger partial charge on any atom is 0.277 e. The third-order valence-corrected chi connectivity index (χ3v) is 5.54. The van der Waals surface area contributed by atoms with Crippen LogP contribution < -0.4 is 4.74 Å². The third-order valence-electron chi connectivity index (χ3n) is 4.68. The van der Waals surface area contributed by atoms with Crippen molar-refractivity contribution < 1.29 is 14.3 Å². The smallest absolute Gasteiger partial charge is 0.277 e.